The van der Waals surface area contributed by atoms with E-state index in [0.29, 0.717) is 10.0 Å². The van der Waals surface area contributed by atoms with E-state index in [1.165, 1.54) is 26.4 Å². The van der Waals surface area contributed by atoms with E-state index >= 15 is 0 Å². The molecular weight excluding hydrogens is 714 g/mol. The van der Waals surface area contributed by atoms with Gasteiger partial charge in [0.1, 0.15) is 24.7 Å². The standard InChI is InChI=1S/C23H25FO4.C16H14BrFO4/c1-23(2)11-5-6-19(23)18-12-16(22(25)27-4)13-20(24)21(18)28-14-15-7-9-17(26-3)10-8-15;1-20-12-5-3-10(4-6-12)9-22-15-13(17)7-11(8-14(15)18)16(19)21-2/h6-10,12-13H,5,11,14H2,1-4H3;3-8H,9H2,1-2H3. The highest BCUT2D eigenvalue weighted by Crippen LogP contribution is 2.47. The van der Waals surface area contributed by atoms with Gasteiger partial charge in [-0.3, -0.25) is 0 Å². The Morgan fingerprint density at radius 1 is 0.700 bits per heavy atom. The maximum absolute atomic E-state index is 15.0. The lowest BCUT2D eigenvalue weighted by Gasteiger charge is -2.25. The quantitative estimate of drug-likeness (QED) is 0.140. The van der Waals surface area contributed by atoms with Crippen LogP contribution in [0.1, 0.15) is 64.1 Å². The van der Waals surface area contributed by atoms with Crippen molar-refractivity contribution in [2.24, 2.45) is 5.41 Å². The van der Waals surface area contributed by atoms with Gasteiger partial charge in [-0.25, -0.2) is 18.4 Å². The highest BCUT2D eigenvalue weighted by molar-refractivity contribution is 9.10. The highest BCUT2D eigenvalue weighted by atomic mass is 79.9. The molecular formula is C39H39BrF2O8. The van der Waals surface area contributed by atoms with Gasteiger partial charge in [0.15, 0.2) is 23.1 Å². The number of hydrogen-bond donors (Lipinski definition) is 0. The molecule has 1 aliphatic carbocycles. The number of benzene rings is 4. The second-order valence-corrected chi connectivity index (χ2v) is 12.8. The van der Waals surface area contributed by atoms with E-state index in [2.05, 4.69) is 40.6 Å². The monoisotopic (exact) mass is 752 g/mol. The Hall–Kier alpha value is -4.90. The molecule has 0 heterocycles. The third-order valence-electron chi connectivity index (χ3n) is 8.11. The van der Waals surface area contributed by atoms with E-state index in [4.69, 9.17) is 23.7 Å². The van der Waals surface area contributed by atoms with Crippen LogP contribution in [0.15, 0.2) is 83.3 Å². The van der Waals surface area contributed by atoms with E-state index in [1.54, 1.807) is 32.4 Å². The predicted molar refractivity (Wildman–Crippen MR) is 189 cm³/mol. The van der Waals surface area contributed by atoms with Crippen LogP contribution in [-0.4, -0.2) is 40.4 Å². The average molecular weight is 754 g/mol. The van der Waals surface area contributed by atoms with Gasteiger partial charge in [0.2, 0.25) is 0 Å². The molecule has 8 nitrogen and oxygen atoms in total. The molecule has 0 fully saturated rings. The van der Waals surface area contributed by atoms with E-state index in [-0.39, 0.29) is 41.3 Å². The Labute approximate surface area is 299 Å². The molecule has 0 N–H and O–H groups in total. The fourth-order valence-corrected chi connectivity index (χ4v) is 5.88. The van der Waals surface area contributed by atoms with Crippen LogP contribution in [-0.2, 0) is 22.7 Å². The maximum Gasteiger partial charge on any atom is 0.337 e. The molecule has 0 radical (unpaired) electrons. The van der Waals surface area contributed by atoms with Crippen LogP contribution >= 0.6 is 15.9 Å². The molecule has 264 valence electrons. The van der Waals surface area contributed by atoms with Crippen LogP contribution < -0.4 is 18.9 Å². The molecule has 50 heavy (non-hydrogen) atoms. The van der Waals surface area contributed by atoms with Gasteiger partial charge in [-0.05, 0) is 99.4 Å². The van der Waals surface area contributed by atoms with Crippen LogP contribution in [0.4, 0.5) is 8.78 Å². The number of halogens is 3. The van der Waals surface area contributed by atoms with Crippen molar-refractivity contribution in [1.82, 2.24) is 0 Å². The molecule has 0 spiro atoms. The minimum Gasteiger partial charge on any atom is -0.497 e. The Morgan fingerprint density at radius 3 is 1.58 bits per heavy atom. The second kappa shape index (κ2) is 17.2. The zero-order valence-electron chi connectivity index (χ0n) is 28.7. The SMILES string of the molecule is COC(=O)c1cc(F)c(OCc2ccc(OC)cc2)c(Br)c1.COC(=O)c1cc(F)c(OCc2ccc(OC)cc2)c(C2=CCCC2(C)C)c1. The molecule has 0 atom stereocenters. The number of esters is 2. The molecule has 0 aromatic heterocycles. The first kappa shape index (κ1) is 37.9. The van der Waals surface area contributed by atoms with E-state index in [0.717, 1.165) is 47.1 Å². The molecule has 0 unspecified atom stereocenters. The molecule has 0 saturated heterocycles. The van der Waals surface area contributed by atoms with Crippen LogP contribution in [0.2, 0.25) is 0 Å². The third kappa shape index (κ3) is 9.41. The molecule has 4 aromatic rings. The summed E-state index contributed by atoms with van der Waals surface area (Å²) in [6.07, 6.45) is 3.96. The zero-order chi connectivity index (χ0) is 36.4. The van der Waals surface area contributed by atoms with Crippen molar-refractivity contribution >= 4 is 33.4 Å². The smallest absolute Gasteiger partial charge is 0.337 e. The summed E-state index contributed by atoms with van der Waals surface area (Å²) in [5.41, 5.74) is 3.52. The summed E-state index contributed by atoms with van der Waals surface area (Å²) in [5.74, 6) is -0.708. The summed E-state index contributed by atoms with van der Waals surface area (Å²) < 4.78 is 60.3. The molecule has 4 aromatic carbocycles. The van der Waals surface area contributed by atoms with Crippen LogP contribution in [0.3, 0.4) is 0 Å². The highest BCUT2D eigenvalue weighted by Gasteiger charge is 2.32. The predicted octanol–water partition coefficient (Wildman–Crippen LogP) is 9.37. The maximum atomic E-state index is 15.0. The first-order chi connectivity index (χ1) is 23.9. The normalized spacial score (nSPS) is 12.9. The summed E-state index contributed by atoms with van der Waals surface area (Å²) in [4.78, 5) is 23.4. The first-order valence-corrected chi connectivity index (χ1v) is 16.4. The topological polar surface area (TPSA) is 89.5 Å². The van der Waals surface area contributed by atoms with Crippen molar-refractivity contribution in [2.75, 3.05) is 28.4 Å². The lowest BCUT2D eigenvalue weighted by atomic mass is 9.81. The Bertz CT molecular complexity index is 1810. The largest absolute Gasteiger partial charge is 0.497 e. The first-order valence-electron chi connectivity index (χ1n) is 15.6. The molecule has 1 aliphatic rings. The van der Waals surface area contributed by atoms with Gasteiger partial charge < -0.3 is 28.4 Å². The van der Waals surface area contributed by atoms with Crippen molar-refractivity contribution < 1.29 is 46.8 Å². The van der Waals surface area contributed by atoms with Crippen LogP contribution in [0, 0.1) is 17.0 Å². The molecule has 0 bridgehead atoms. The number of allylic oxidation sites excluding steroid dienone is 2. The minimum atomic E-state index is -0.636. The molecule has 5 rings (SSSR count). The van der Waals surface area contributed by atoms with E-state index < -0.39 is 23.6 Å². The summed E-state index contributed by atoms with van der Waals surface area (Å²) in [6.45, 7) is 4.62. The fourth-order valence-electron chi connectivity index (χ4n) is 5.33. The summed E-state index contributed by atoms with van der Waals surface area (Å²) in [7, 11) is 5.71. The van der Waals surface area contributed by atoms with Gasteiger partial charge in [0.05, 0.1) is 44.0 Å². The van der Waals surface area contributed by atoms with Crippen molar-refractivity contribution in [3.8, 4) is 23.0 Å². The number of rotatable bonds is 11. The minimum absolute atomic E-state index is 0.0449. The van der Waals surface area contributed by atoms with Gasteiger partial charge in [-0.15, -0.1) is 0 Å². The molecule has 0 aliphatic heterocycles. The Kier molecular flexibility index (Phi) is 13.0. The third-order valence-corrected chi connectivity index (χ3v) is 8.69. The number of ether oxygens (including phenoxy) is 6. The second-order valence-electron chi connectivity index (χ2n) is 11.9. The zero-order valence-corrected chi connectivity index (χ0v) is 30.3. The summed E-state index contributed by atoms with van der Waals surface area (Å²) in [6, 6.07) is 20.0. The Balaban J connectivity index is 0.000000232. The van der Waals surface area contributed by atoms with E-state index in [1.807, 2.05) is 36.4 Å². The van der Waals surface area contributed by atoms with Crippen molar-refractivity contribution in [3.05, 3.63) is 123 Å². The molecule has 0 saturated carbocycles. The lowest BCUT2D eigenvalue weighted by molar-refractivity contribution is 0.0591. The number of methoxy groups -OCH3 is 4. The van der Waals surface area contributed by atoms with E-state index in [9.17, 15) is 18.4 Å². The van der Waals surface area contributed by atoms with Gasteiger partial charge in [0, 0.05) is 5.56 Å². The lowest BCUT2D eigenvalue weighted by Crippen LogP contribution is -2.12. The summed E-state index contributed by atoms with van der Waals surface area (Å²) >= 11 is 3.20. The van der Waals surface area contributed by atoms with Gasteiger partial charge in [-0.1, -0.05) is 44.2 Å². The summed E-state index contributed by atoms with van der Waals surface area (Å²) in [5, 5.41) is 0. The van der Waals surface area contributed by atoms with Gasteiger partial charge in [0.25, 0.3) is 0 Å². The van der Waals surface area contributed by atoms with Gasteiger partial charge in [-0.2, -0.15) is 0 Å². The molecule has 0 amide bonds. The number of hydrogen-bond acceptors (Lipinski definition) is 8. The van der Waals surface area contributed by atoms with Crippen molar-refractivity contribution in [3.63, 3.8) is 0 Å². The number of carbonyl (C=O) groups is 2. The van der Waals surface area contributed by atoms with Gasteiger partial charge >= 0.3 is 11.9 Å². The fraction of sp³-hybridized carbons (Fsp3) is 0.282. The number of carbonyl (C=O) groups excluding carboxylic acids is 2. The van der Waals surface area contributed by atoms with Crippen LogP contribution in [0.25, 0.3) is 5.57 Å². The Morgan fingerprint density at radius 2 is 1.16 bits per heavy atom. The average Bonchev–Trinajstić information content (AvgIpc) is 3.48. The van der Waals surface area contributed by atoms with Crippen molar-refractivity contribution in [1.29, 1.82) is 0 Å². The molecule has 11 heteroatoms. The van der Waals surface area contributed by atoms with Crippen molar-refractivity contribution in [2.45, 2.75) is 39.9 Å². The van der Waals surface area contributed by atoms with Crippen LogP contribution in [0.5, 0.6) is 23.0 Å².